The summed E-state index contributed by atoms with van der Waals surface area (Å²) in [5, 5.41) is 6.10. The number of nitrogens with zero attached hydrogens (tertiary/aromatic N) is 1. The van der Waals surface area contributed by atoms with Gasteiger partial charge in [0.15, 0.2) is 0 Å². The van der Waals surface area contributed by atoms with Crippen molar-refractivity contribution in [2.75, 3.05) is 26.7 Å². The Labute approximate surface area is 134 Å². The van der Waals surface area contributed by atoms with Crippen LogP contribution in [-0.2, 0) is 17.8 Å². The molecule has 1 aliphatic heterocycles. The highest BCUT2D eigenvalue weighted by molar-refractivity contribution is 5.78. The SMILES string of the molecule is CNCC(=O)N[C@H](CN1CCc2ccccc2C1)C(C)(C)C. The van der Waals surface area contributed by atoms with E-state index in [0.717, 1.165) is 26.1 Å². The van der Waals surface area contributed by atoms with Gasteiger partial charge in [-0.1, -0.05) is 45.0 Å². The van der Waals surface area contributed by atoms with Gasteiger partial charge in [-0.05, 0) is 30.0 Å². The van der Waals surface area contributed by atoms with E-state index in [0.29, 0.717) is 6.54 Å². The normalized spacial score (nSPS) is 16.9. The fraction of sp³-hybridized carbons (Fsp3) is 0.611. The van der Waals surface area contributed by atoms with Crippen LogP contribution in [0.4, 0.5) is 0 Å². The lowest BCUT2D eigenvalue weighted by atomic mass is 9.85. The van der Waals surface area contributed by atoms with Crippen molar-refractivity contribution in [3.05, 3.63) is 35.4 Å². The van der Waals surface area contributed by atoms with Gasteiger partial charge in [-0.15, -0.1) is 0 Å². The maximum atomic E-state index is 11.9. The smallest absolute Gasteiger partial charge is 0.234 e. The second kappa shape index (κ2) is 7.25. The molecule has 4 heteroatoms. The summed E-state index contributed by atoms with van der Waals surface area (Å²) in [6.45, 7) is 9.87. The van der Waals surface area contributed by atoms with Crippen molar-refractivity contribution in [2.45, 2.75) is 39.8 Å². The predicted octanol–water partition coefficient (Wildman–Crippen LogP) is 1.80. The molecule has 0 bridgehead atoms. The minimum absolute atomic E-state index is 0.0420. The third kappa shape index (κ3) is 4.55. The Bertz CT molecular complexity index is 507. The molecule has 0 aromatic heterocycles. The van der Waals surface area contributed by atoms with Crippen LogP contribution in [0.25, 0.3) is 0 Å². The zero-order valence-corrected chi connectivity index (χ0v) is 14.3. The lowest BCUT2D eigenvalue weighted by Gasteiger charge is -2.38. The van der Waals surface area contributed by atoms with Crippen LogP contribution in [0.3, 0.4) is 0 Å². The molecule has 1 aliphatic rings. The maximum Gasteiger partial charge on any atom is 0.234 e. The molecule has 2 N–H and O–H groups in total. The fourth-order valence-electron chi connectivity index (χ4n) is 2.91. The first-order valence-corrected chi connectivity index (χ1v) is 8.13. The molecule has 0 radical (unpaired) electrons. The van der Waals surface area contributed by atoms with Gasteiger partial charge >= 0.3 is 0 Å². The van der Waals surface area contributed by atoms with E-state index >= 15 is 0 Å². The van der Waals surface area contributed by atoms with E-state index in [1.807, 2.05) is 0 Å². The van der Waals surface area contributed by atoms with Crippen molar-refractivity contribution in [3.63, 3.8) is 0 Å². The molecule has 4 nitrogen and oxygen atoms in total. The van der Waals surface area contributed by atoms with Crippen molar-refractivity contribution < 1.29 is 4.79 Å². The van der Waals surface area contributed by atoms with E-state index in [-0.39, 0.29) is 17.4 Å². The van der Waals surface area contributed by atoms with Crippen LogP contribution in [0.2, 0.25) is 0 Å². The van der Waals surface area contributed by atoms with Gasteiger partial charge in [0, 0.05) is 25.7 Å². The molecule has 122 valence electrons. The molecule has 1 aromatic rings. The zero-order valence-electron chi connectivity index (χ0n) is 14.3. The number of likely N-dealkylation sites (N-methyl/N-ethyl adjacent to an activating group) is 1. The molecule has 2 rings (SSSR count). The summed E-state index contributed by atoms with van der Waals surface area (Å²) in [5.74, 6) is 0.0693. The first-order chi connectivity index (χ1) is 10.4. The van der Waals surface area contributed by atoms with Crippen LogP contribution in [0.15, 0.2) is 24.3 Å². The highest BCUT2D eigenvalue weighted by atomic mass is 16.2. The standard InChI is InChI=1S/C18H29N3O/c1-18(2,3)16(20-17(22)11-19-4)13-21-10-9-14-7-5-6-8-15(14)12-21/h5-8,16,19H,9-13H2,1-4H3,(H,20,22)/t16-/m1/s1. The van der Waals surface area contributed by atoms with Crippen molar-refractivity contribution in [1.29, 1.82) is 0 Å². The summed E-state index contributed by atoms with van der Waals surface area (Å²) in [6.07, 6.45) is 1.09. The highest BCUT2D eigenvalue weighted by Crippen LogP contribution is 2.23. The number of benzene rings is 1. The van der Waals surface area contributed by atoms with E-state index in [1.165, 1.54) is 11.1 Å². The van der Waals surface area contributed by atoms with Gasteiger partial charge in [0.1, 0.15) is 0 Å². The van der Waals surface area contributed by atoms with Crippen LogP contribution in [0.1, 0.15) is 31.9 Å². The largest absolute Gasteiger partial charge is 0.350 e. The third-order valence-corrected chi connectivity index (χ3v) is 4.37. The Kier molecular flexibility index (Phi) is 5.59. The maximum absolute atomic E-state index is 11.9. The molecule has 1 amide bonds. The lowest BCUT2D eigenvalue weighted by molar-refractivity contribution is -0.121. The van der Waals surface area contributed by atoms with Crippen molar-refractivity contribution >= 4 is 5.91 Å². The van der Waals surface area contributed by atoms with Crippen LogP contribution < -0.4 is 10.6 Å². The van der Waals surface area contributed by atoms with Gasteiger partial charge in [0.25, 0.3) is 0 Å². The second-order valence-electron chi connectivity index (χ2n) is 7.27. The molecule has 22 heavy (non-hydrogen) atoms. The van der Waals surface area contributed by atoms with Crippen LogP contribution >= 0.6 is 0 Å². The summed E-state index contributed by atoms with van der Waals surface area (Å²) >= 11 is 0. The molecule has 0 aliphatic carbocycles. The number of rotatable bonds is 5. The van der Waals surface area contributed by atoms with Crippen LogP contribution in [-0.4, -0.2) is 43.5 Å². The molecule has 0 saturated heterocycles. The molecule has 0 fully saturated rings. The number of amides is 1. The van der Waals surface area contributed by atoms with Gasteiger partial charge in [0.2, 0.25) is 5.91 Å². The summed E-state index contributed by atoms with van der Waals surface area (Å²) in [6, 6.07) is 8.82. The topological polar surface area (TPSA) is 44.4 Å². The van der Waals surface area contributed by atoms with Gasteiger partial charge < -0.3 is 10.6 Å². The van der Waals surface area contributed by atoms with E-state index in [2.05, 4.69) is 60.6 Å². The number of hydrogen-bond donors (Lipinski definition) is 2. The lowest BCUT2D eigenvalue weighted by Crippen LogP contribution is -2.52. The molecular formula is C18H29N3O. The molecule has 0 saturated carbocycles. The van der Waals surface area contributed by atoms with Gasteiger partial charge in [-0.2, -0.15) is 0 Å². The first kappa shape index (κ1) is 17.0. The molecule has 1 atom stereocenters. The summed E-state index contributed by atoms with van der Waals surface area (Å²) < 4.78 is 0. The number of fused-ring (bicyclic) bond motifs is 1. The van der Waals surface area contributed by atoms with E-state index in [1.54, 1.807) is 7.05 Å². The third-order valence-electron chi connectivity index (χ3n) is 4.37. The predicted molar refractivity (Wildman–Crippen MR) is 90.7 cm³/mol. The van der Waals surface area contributed by atoms with Gasteiger partial charge in [-0.3, -0.25) is 9.69 Å². The highest BCUT2D eigenvalue weighted by Gasteiger charge is 2.29. The number of nitrogens with one attached hydrogen (secondary N) is 2. The average Bonchev–Trinajstić information content (AvgIpc) is 2.46. The van der Waals surface area contributed by atoms with Gasteiger partial charge in [0.05, 0.1) is 6.54 Å². The Morgan fingerprint density at radius 3 is 2.59 bits per heavy atom. The van der Waals surface area contributed by atoms with E-state index in [4.69, 9.17) is 0 Å². The number of carbonyl (C=O) groups excluding carboxylic acids is 1. The molecule has 1 aromatic carbocycles. The van der Waals surface area contributed by atoms with Gasteiger partial charge in [-0.25, -0.2) is 0 Å². The molecular weight excluding hydrogens is 274 g/mol. The van der Waals surface area contributed by atoms with Crippen molar-refractivity contribution in [1.82, 2.24) is 15.5 Å². The Hall–Kier alpha value is -1.39. The minimum Gasteiger partial charge on any atom is -0.350 e. The molecule has 0 unspecified atom stereocenters. The fourth-order valence-corrected chi connectivity index (χ4v) is 2.91. The van der Waals surface area contributed by atoms with Crippen LogP contribution in [0, 0.1) is 5.41 Å². The van der Waals surface area contributed by atoms with E-state index in [9.17, 15) is 4.79 Å². The molecule has 1 heterocycles. The summed E-state index contributed by atoms with van der Waals surface area (Å²) in [7, 11) is 1.80. The second-order valence-corrected chi connectivity index (χ2v) is 7.27. The summed E-state index contributed by atoms with van der Waals surface area (Å²) in [5.41, 5.74) is 2.92. The van der Waals surface area contributed by atoms with Crippen molar-refractivity contribution in [2.24, 2.45) is 5.41 Å². The van der Waals surface area contributed by atoms with Crippen LogP contribution in [0.5, 0.6) is 0 Å². The average molecular weight is 303 g/mol. The summed E-state index contributed by atoms with van der Waals surface area (Å²) in [4.78, 5) is 14.4. The first-order valence-electron chi connectivity index (χ1n) is 8.13. The van der Waals surface area contributed by atoms with E-state index < -0.39 is 0 Å². The number of hydrogen-bond acceptors (Lipinski definition) is 3. The Morgan fingerprint density at radius 1 is 1.27 bits per heavy atom. The minimum atomic E-state index is 0.0420. The quantitative estimate of drug-likeness (QED) is 0.872. The Balaban J connectivity index is 2.01. The Morgan fingerprint density at radius 2 is 1.95 bits per heavy atom. The van der Waals surface area contributed by atoms with Crippen molar-refractivity contribution in [3.8, 4) is 0 Å². The zero-order chi connectivity index (χ0) is 16.2. The number of carbonyl (C=O) groups is 1. The molecule has 0 spiro atoms. The monoisotopic (exact) mass is 303 g/mol.